The summed E-state index contributed by atoms with van der Waals surface area (Å²) in [6.45, 7) is 2.55. The lowest BCUT2D eigenvalue weighted by Gasteiger charge is -2.25. The second-order valence-electron chi connectivity index (χ2n) is 7.31. The van der Waals surface area contributed by atoms with Crippen LogP contribution in [0, 0.1) is 23.0 Å². The molecular weight excluding hydrogens is 344 g/mol. The minimum absolute atomic E-state index is 0.0933. The van der Waals surface area contributed by atoms with E-state index in [4.69, 9.17) is 11.5 Å². The van der Waals surface area contributed by atoms with E-state index in [0.717, 1.165) is 36.8 Å². The van der Waals surface area contributed by atoms with Crippen molar-refractivity contribution in [3.8, 4) is 0 Å². The third kappa shape index (κ3) is 4.91. The van der Waals surface area contributed by atoms with Crippen molar-refractivity contribution in [3.63, 3.8) is 0 Å². The molecule has 0 spiro atoms. The zero-order valence-corrected chi connectivity index (χ0v) is 15.5. The fourth-order valence-corrected chi connectivity index (χ4v) is 3.61. The maximum Gasteiger partial charge on any atom is 0.332 e. The highest BCUT2D eigenvalue weighted by atomic mass is 16.6. The summed E-state index contributed by atoms with van der Waals surface area (Å²) in [6, 6.07) is 8.31. The molecule has 0 unspecified atom stereocenters. The van der Waals surface area contributed by atoms with E-state index in [2.05, 4.69) is 21.4 Å². The van der Waals surface area contributed by atoms with Crippen molar-refractivity contribution in [1.29, 1.82) is 0 Å². The summed E-state index contributed by atoms with van der Waals surface area (Å²) in [4.78, 5) is 19.5. The Kier molecular flexibility index (Phi) is 5.85. The van der Waals surface area contributed by atoms with Gasteiger partial charge in [-0.25, -0.2) is 4.98 Å². The van der Waals surface area contributed by atoms with Crippen LogP contribution in [0.4, 0.5) is 17.5 Å². The second-order valence-corrected chi connectivity index (χ2v) is 7.31. The number of benzene rings is 1. The third-order valence-electron chi connectivity index (χ3n) is 5.07. The number of nitro groups is 1. The average molecular weight is 370 g/mol. The first-order chi connectivity index (χ1) is 12.9. The van der Waals surface area contributed by atoms with E-state index in [1.54, 1.807) is 0 Å². The Hall–Kier alpha value is -2.74. The molecule has 1 fully saturated rings. The molecule has 0 atom stereocenters. The fourth-order valence-electron chi connectivity index (χ4n) is 3.61. The molecule has 2 aromatic rings. The molecule has 144 valence electrons. The van der Waals surface area contributed by atoms with Crippen LogP contribution in [-0.2, 0) is 13.0 Å². The van der Waals surface area contributed by atoms with Crippen LogP contribution in [0.5, 0.6) is 0 Å². The van der Waals surface area contributed by atoms with Crippen molar-refractivity contribution in [2.75, 3.05) is 11.1 Å². The lowest BCUT2D eigenvalue weighted by atomic mass is 9.83. The average Bonchev–Trinajstić information content (AvgIpc) is 2.61. The monoisotopic (exact) mass is 370 g/mol. The molecule has 0 radical (unpaired) electrons. The molecule has 1 saturated carbocycles. The van der Waals surface area contributed by atoms with E-state index in [1.165, 1.54) is 0 Å². The van der Waals surface area contributed by atoms with Crippen LogP contribution in [0.1, 0.15) is 42.5 Å². The van der Waals surface area contributed by atoms with Gasteiger partial charge in [0.25, 0.3) is 0 Å². The molecule has 1 aliphatic rings. The molecule has 1 aliphatic carbocycles. The molecule has 0 bridgehead atoms. The maximum absolute atomic E-state index is 11.5. The van der Waals surface area contributed by atoms with Crippen molar-refractivity contribution in [3.05, 3.63) is 51.2 Å². The van der Waals surface area contributed by atoms with E-state index >= 15 is 0 Å². The largest absolute Gasteiger partial charge is 0.378 e. The zero-order valence-electron chi connectivity index (χ0n) is 15.5. The van der Waals surface area contributed by atoms with Crippen LogP contribution >= 0.6 is 0 Å². The van der Waals surface area contributed by atoms with Gasteiger partial charge in [0.05, 0.1) is 4.92 Å². The van der Waals surface area contributed by atoms with Crippen molar-refractivity contribution < 1.29 is 4.92 Å². The van der Waals surface area contributed by atoms with Crippen molar-refractivity contribution in [2.24, 2.45) is 11.7 Å². The van der Waals surface area contributed by atoms with Gasteiger partial charge >= 0.3 is 5.69 Å². The molecule has 0 amide bonds. The van der Waals surface area contributed by atoms with Crippen LogP contribution in [-0.4, -0.2) is 20.9 Å². The number of hydrogen-bond donors (Lipinski definition) is 3. The van der Waals surface area contributed by atoms with E-state index in [1.807, 2.05) is 25.1 Å². The molecule has 0 aliphatic heterocycles. The first kappa shape index (κ1) is 19.0. The number of aromatic nitrogens is 2. The quantitative estimate of drug-likeness (QED) is 0.526. The number of aryl methyl sites for hydroxylation is 1. The summed E-state index contributed by atoms with van der Waals surface area (Å²) >= 11 is 0. The molecular formula is C19H26N6O2. The predicted molar refractivity (Wildman–Crippen MR) is 105 cm³/mol. The predicted octanol–water partition coefficient (Wildman–Crippen LogP) is 2.95. The second kappa shape index (κ2) is 8.30. The fraction of sp³-hybridized carbons (Fsp3) is 0.474. The van der Waals surface area contributed by atoms with Gasteiger partial charge in [-0.15, -0.1) is 0 Å². The minimum atomic E-state index is -0.483. The van der Waals surface area contributed by atoms with E-state index < -0.39 is 4.92 Å². The smallest absolute Gasteiger partial charge is 0.332 e. The number of nitrogens with one attached hydrogen (secondary N) is 1. The van der Waals surface area contributed by atoms with Gasteiger partial charge in [-0.3, -0.25) is 10.1 Å². The summed E-state index contributed by atoms with van der Waals surface area (Å²) in [6.07, 6.45) is 4.31. The highest BCUT2D eigenvalue weighted by molar-refractivity contribution is 5.58. The van der Waals surface area contributed by atoms with Gasteiger partial charge < -0.3 is 16.8 Å². The molecule has 8 nitrogen and oxygen atoms in total. The Morgan fingerprint density at radius 1 is 1.26 bits per heavy atom. The van der Waals surface area contributed by atoms with Gasteiger partial charge in [0.2, 0.25) is 11.8 Å². The Balaban J connectivity index is 1.79. The lowest BCUT2D eigenvalue weighted by Crippen LogP contribution is -2.27. The molecule has 27 heavy (non-hydrogen) atoms. The van der Waals surface area contributed by atoms with Crippen molar-refractivity contribution >= 4 is 17.5 Å². The third-order valence-corrected chi connectivity index (χ3v) is 5.07. The molecule has 1 aromatic carbocycles. The van der Waals surface area contributed by atoms with Gasteiger partial charge in [-0.05, 0) is 50.5 Å². The van der Waals surface area contributed by atoms with Gasteiger partial charge in [-0.1, -0.05) is 29.8 Å². The van der Waals surface area contributed by atoms with Crippen LogP contribution < -0.4 is 16.8 Å². The standard InChI is InChI=1S/C19H26N6O2/c1-12-3-2-4-14(9-12)11-22-19-23-16(17(25(26)27)18(21)24-19)10-13-5-7-15(20)8-6-13/h2-4,9,13,15H,5-8,10-11,20H2,1H3,(H3,21,22,23,24). The normalized spacial score (nSPS) is 19.6. The Bertz CT molecular complexity index is 818. The van der Waals surface area contributed by atoms with Gasteiger partial charge in [0, 0.05) is 12.6 Å². The number of nitrogens with two attached hydrogens (primary N) is 2. The maximum atomic E-state index is 11.5. The summed E-state index contributed by atoms with van der Waals surface area (Å²) in [5.41, 5.74) is 14.3. The van der Waals surface area contributed by atoms with E-state index in [0.29, 0.717) is 30.5 Å². The molecule has 1 aromatic heterocycles. The van der Waals surface area contributed by atoms with Crippen molar-refractivity contribution in [1.82, 2.24) is 9.97 Å². The van der Waals surface area contributed by atoms with Crippen molar-refractivity contribution in [2.45, 2.75) is 51.6 Å². The minimum Gasteiger partial charge on any atom is -0.378 e. The Morgan fingerprint density at radius 2 is 2.00 bits per heavy atom. The number of hydrogen-bond acceptors (Lipinski definition) is 7. The summed E-state index contributed by atoms with van der Waals surface area (Å²) < 4.78 is 0. The zero-order chi connectivity index (χ0) is 19.4. The van der Waals surface area contributed by atoms with Crippen LogP contribution in [0.15, 0.2) is 24.3 Å². The Morgan fingerprint density at radius 3 is 2.67 bits per heavy atom. The number of anilines is 2. The first-order valence-electron chi connectivity index (χ1n) is 9.28. The summed E-state index contributed by atoms with van der Waals surface area (Å²) in [7, 11) is 0. The molecule has 1 heterocycles. The lowest BCUT2D eigenvalue weighted by molar-refractivity contribution is -0.385. The van der Waals surface area contributed by atoms with Gasteiger partial charge in [0.1, 0.15) is 5.69 Å². The molecule has 8 heteroatoms. The molecule has 5 N–H and O–H groups in total. The van der Waals surface area contributed by atoms with Crippen LogP contribution in [0.2, 0.25) is 0 Å². The molecule has 3 rings (SSSR count). The Labute approximate surface area is 158 Å². The summed E-state index contributed by atoms with van der Waals surface area (Å²) in [5.74, 6) is 0.564. The number of nitrogen functional groups attached to an aromatic ring is 1. The molecule has 0 saturated heterocycles. The highest BCUT2D eigenvalue weighted by Crippen LogP contribution is 2.31. The van der Waals surface area contributed by atoms with E-state index in [9.17, 15) is 10.1 Å². The van der Waals surface area contributed by atoms with Gasteiger partial charge in [-0.2, -0.15) is 4.98 Å². The number of nitrogens with zero attached hydrogens (tertiary/aromatic N) is 3. The first-order valence-corrected chi connectivity index (χ1v) is 9.28. The van der Waals surface area contributed by atoms with Gasteiger partial charge in [0.15, 0.2) is 0 Å². The number of rotatable bonds is 6. The van der Waals surface area contributed by atoms with Crippen LogP contribution in [0.25, 0.3) is 0 Å². The highest BCUT2D eigenvalue weighted by Gasteiger charge is 2.27. The SMILES string of the molecule is Cc1cccc(CNc2nc(N)c([N+](=O)[O-])c(CC3CCC(N)CC3)n2)c1. The topological polar surface area (TPSA) is 133 Å². The van der Waals surface area contributed by atoms with E-state index in [-0.39, 0.29) is 17.5 Å². The summed E-state index contributed by atoms with van der Waals surface area (Å²) in [5, 5.41) is 14.6. The van der Waals surface area contributed by atoms with Crippen LogP contribution in [0.3, 0.4) is 0 Å².